The van der Waals surface area contributed by atoms with E-state index in [1.54, 1.807) is 6.92 Å². The molecule has 0 saturated heterocycles. The Morgan fingerprint density at radius 3 is 3.15 bits per heavy atom. The summed E-state index contributed by atoms with van der Waals surface area (Å²) in [6.07, 6.45) is 1.40. The van der Waals surface area contributed by atoms with Crippen LogP contribution in [-0.2, 0) is 0 Å². The molecule has 0 amide bonds. The summed E-state index contributed by atoms with van der Waals surface area (Å²) in [4.78, 5) is 11.0. The fourth-order valence-corrected chi connectivity index (χ4v) is 0.941. The van der Waals surface area contributed by atoms with Crippen molar-refractivity contribution in [3.05, 3.63) is 21.6 Å². The highest BCUT2D eigenvalue weighted by Gasteiger charge is 2.06. The third kappa shape index (κ3) is 2.43. The number of anilines is 1. The predicted molar refractivity (Wildman–Crippen MR) is 50.0 cm³/mol. The largest absolute Gasteiger partial charge is 0.394 e. The highest BCUT2D eigenvalue weighted by Crippen LogP contribution is 2.14. The SMILES string of the molecule is CC(CO)Nc1cn[nH]c(=O)c1Cl. The van der Waals surface area contributed by atoms with E-state index in [4.69, 9.17) is 16.7 Å². The summed E-state index contributed by atoms with van der Waals surface area (Å²) in [6.45, 7) is 1.72. The Morgan fingerprint density at radius 1 is 1.85 bits per heavy atom. The van der Waals surface area contributed by atoms with Crippen LogP contribution in [0.5, 0.6) is 0 Å². The van der Waals surface area contributed by atoms with Crippen LogP contribution in [0.2, 0.25) is 5.02 Å². The van der Waals surface area contributed by atoms with E-state index in [1.165, 1.54) is 6.20 Å². The topological polar surface area (TPSA) is 78.0 Å². The van der Waals surface area contributed by atoms with E-state index in [2.05, 4.69) is 15.5 Å². The Morgan fingerprint density at radius 2 is 2.54 bits per heavy atom. The normalized spacial score (nSPS) is 12.5. The molecule has 1 aromatic heterocycles. The smallest absolute Gasteiger partial charge is 0.285 e. The van der Waals surface area contributed by atoms with Gasteiger partial charge in [-0.1, -0.05) is 11.6 Å². The maximum absolute atomic E-state index is 11.0. The molecule has 1 atom stereocenters. The minimum Gasteiger partial charge on any atom is -0.394 e. The molecule has 1 unspecified atom stereocenters. The zero-order valence-corrected chi connectivity index (χ0v) is 7.80. The Bertz CT molecular complexity index is 339. The molecular formula is C7H10ClN3O2. The fourth-order valence-electron chi connectivity index (χ4n) is 0.795. The van der Waals surface area contributed by atoms with Crippen molar-refractivity contribution < 1.29 is 5.11 Å². The van der Waals surface area contributed by atoms with Crippen LogP contribution in [0, 0.1) is 0 Å². The molecular weight excluding hydrogens is 194 g/mol. The van der Waals surface area contributed by atoms with E-state index in [0.717, 1.165) is 0 Å². The van der Waals surface area contributed by atoms with Gasteiger partial charge in [0.05, 0.1) is 18.5 Å². The first-order valence-corrected chi connectivity index (χ1v) is 4.13. The molecule has 6 heteroatoms. The average molecular weight is 204 g/mol. The van der Waals surface area contributed by atoms with Gasteiger partial charge in [0.1, 0.15) is 5.02 Å². The van der Waals surface area contributed by atoms with Gasteiger partial charge in [-0.3, -0.25) is 4.79 Å². The number of aliphatic hydroxyl groups is 1. The van der Waals surface area contributed by atoms with Gasteiger partial charge < -0.3 is 10.4 Å². The van der Waals surface area contributed by atoms with E-state index in [0.29, 0.717) is 5.69 Å². The molecule has 0 aliphatic carbocycles. The van der Waals surface area contributed by atoms with E-state index in [9.17, 15) is 4.79 Å². The quantitative estimate of drug-likeness (QED) is 0.657. The number of nitrogens with zero attached hydrogens (tertiary/aromatic N) is 1. The van der Waals surface area contributed by atoms with E-state index < -0.39 is 5.56 Å². The first-order chi connectivity index (χ1) is 6.15. The monoisotopic (exact) mass is 203 g/mol. The van der Waals surface area contributed by atoms with Crippen molar-refractivity contribution >= 4 is 17.3 Å². The maximum atomic E-state index is 11.0. The third-order valence-corrected chi connectivity index (χ3v) is 1.85. The molecule has 1 heterocycles. The van der Waals surface area contributed by atoms with Crippen molar-refractivity contribution in [2.75, 3.05) is 11.9 Å². The van der Waals surface area contributed by atoms with Crippen molar-refractivity contribution in [1.29, 1.82) is 0 Å². The van der Waals surface area contributed by atoms with E-state index >= 15 is 0 Å². The van der Waals surface area contributed by atoms with Gasteiger partial charge in [0, 0.05) is 6.04 Å². The number of aromatic amines is 1. The highest BCUT2D eigenvalue weighted by molar-refractivity contribution is 6.32. The minimum absolute atomic E-state index is 0.0386. The number of aliphatic hydroxyl groups excluding tert-OH is 1. The minimum atomic E-state index is -0.447. The van der Waals surface area contributed by atoms with Crippen molar-refractivity contribution in [3.8, 4) is 0 Å². The molecule has 0 spiro atoms. The number of hydrogen-bond acceptors (Lipinski definition) is 4. The zero-order chi connectivity index (χ0) is 9.84. The first kappa shape index (κ1) is 10.0. The Hall–Kier alpha value is -1.07. The van der Waals surface area contributed by atoms with Crippen LogP contribution in [0.3, 0.4) is 0 Å². The second-order valence-electron chi connectivity index (χ2n) is 2.65. The van der Waals surface area contributed by atoms with E-state index in [-0.39, 0.29) is 17.7 Å². The van der Waals surface area contributed by atoms with Crippen LogP contribution < -0.4 is 10.9 Å². The molecule has 0 aliphatic heterocycles. The number of rotatable bonds is 3. The number of aromatic nitrogens is 2. The molecule has 0 aliphatic rings. The maximum Gasteiger partial charge on any atom is 0.285 e. The van der Waals surface area contributed by atoms with Crippen LogP contribution in [0.25, 0.3) is 0 Å². The van der Waals surface area contributed by atoms with Gasteiger partial charge in [-0.15, -0.1) is 0 Å². The third-order valence-electron chi connectivity index (χ3n) is 1.47. The number of hydrogen-bond donors (Lipinski definition) is 3. The molecule has 0 radical (unpaired) electrons. The number of H-pyrrole nitrogens is 1. The molecule has 1 rings (SSSR count). The van der Waals surface area contributed by atoms with Crippen LogP contribution in [-0.4, -0.2) is 28.0 Å². The summed E-state index contributed by atoms with van der Waals surface area (Å²) >= 11 is 5.67. The molecule has 0 fully saturated rings. The summed E-state index contributed by atoms with van der Waals surface area (Å²) in [5, 5.41) is 17.4. The summed E-state index contributed by atoms with van der Waals surface area (Å²) in [5.74, 6) is 0. The van der Waals surface area contributed by atoms with Crippen molar-refractivity contribution in [3.63, 3.8) is 0 Å². The molecule has 13 heavy (non-hydrogen) atoms. The van der Waals surface area contributed by atoms with Gasteiger partial charge in [-0.05, 0) is 6.92 Å². The number of nitrogens with one attached hydrogen (secondary N) is 2. The van der Waals surface area contributed by atoms with Crippen LogP contribution in [0.1, 0.15) is 6.92 Å². The van der Waals surface area contributed by atoms with Gasteiger partial charge in [-0.2, -0.15) is 5.10 Å². The molecule has 5 nitrogen and oxygen atoms in total. The van der Waals surface area contributed by atoms with Gasteiger partial charge in [0.15, 0.2) is 0 Å². The lowest BCUT2D eigenvalue weighted by atomic mass is 10.3. The lowest BCUT2D eigenvalue weighted by Crippen LogP contribution is -2.21. The zero-order valence-electron chi connectivity index (χ0n) is 7.04. The standard InChI is InChI=1S/C7H10ClN3O2/c1-4(3-12)10-5-2-9-11-7(13)6(5)8/h2,4,12H,3H2,1H3,(H2,10,11,13). The second kappa shape index (κ2) is 4.25. The fraction of sp³-hybridized carbons (Fsp3) is 0.429. The molecule has 1 aromatic rings. The number of halogens is 1. The van der Waals surface area contributed by atoms with Crippen molar-refractivity contribution in [1.82, 2.24) is 10.2 Å². The summed E-state index contributed by atoms with van der Waals surface area (Å²) in [7, 11) is 0. The van der Waals surface area contributed by atoms with Gasteiger partial charge in [-0.25, -0.2) is 5.10 Å². The summed E-state index contributed by atoms with van der Waals surface area (Å²) in [5.41, 5.74) is -0.0243. The van der Waals surface area contributed by atoms with Gasteiger partial charge >= 0.3 is 0 Å². The van der Waals surface area contributed by atoms with E-state index in [1.807, 2.05) is 0 Å². The summed E-state index contributed by atoms with van der Waals surface area (Å²) in [6, 6.07) is -0.166. The van der Waals surface area contributed by atoms with Crippen LogP contribution in [0.15, 0.2) is 11.0 Å². The molecule has 3 N–H and O–H groups in total. The molecule has 72 valence electrons. The van der Waals surface area contributed by atoms with Crippen molar-refractivity contribution in [2.45, 2.75) is 13.0 Å². The van der Waals surface area contributed by atoms with Gasteiger partial charge in [0.25, 0.3) is 5.56 Å². The second-order valence-corrected chi connectivity index (χ2v) is 3.03. The Kier molecular flexibility index (Phi) is 3.27. The average Bonchev–Trinajstić information content (AvgIpc) is 2.13. The molecule has 0 aromatic carbocycles. The Balaban J connectivity index is 2.89. The molecule has 0 bridgehead atoms. The van der Waals surface area contributed by atoms with Crippen LogP contribution in [0.4, 0.5) is 5.69 Å². The lowest BCUT2D eigenvalue weighted by molar-refractivity contribution is 0.281. The first-order valence-electron chi connectivity index (χ1n) is 3.75. The lowest BCUT2D eigenvalue weighted by Gasteiger charge is -2.11. The van der Waals surface area contributed by atoms with Crippen LogP contribution >= 0.6 is 11.6 Å². The summed E-state index contributed by atoms with van der Waals surface area (Å²) < 4.78 is 0. The predicted octanol–water partition coefficient (Wildman–Crippen LogP) is 0.216. The molecule has 0 saturated carbocycles. The Labute approximate surface area is 79.7 Å². The van der Waals surface area contributed by atoms with Gasteiger partial charge in [0.2, 0.25) is 0 Å². The highest BCUT2D eigenvalue weighted by atomic mass is 35.5. The van der Waals surface area contributed by atoms with Crippen molar-refractivity contribution in [2.24, 2.45) is 0 Å².